The third-order valence-electron chi connectivity index (χ3n) is 4.07. The highest BCUT2D eigenvalue weighted by Crippen LogP contribution is 2.35. The van der Waals surface area contributed by atoms with Crippen LogP contribution in [0, 0.1) is 5.92 Å². The van der Waals surface area contributed by atoms with E-state index in [1.807, 2.05) is 6.07 Å². The maximum atomic E-state index is 9.72. The van der Waals surface area contributed by atoms with Gasteiger partial charge >= 0.3 is 0 Å². The molecule has 0 saturated carbocycles. The van der Waals surface area contributed by atoms with Crippen LogP contribution in [0.1, 0.15) is 31.9 Å². The summed E-state index contributed by atoms with van der Waals surface area (Å²) in [6.07, 6.45) is 1.09. The van der Waals surface area contributed by atoms with Crippen LogP contribution in [0.4, 0.5) is 0 Å². The van der Waals surface area contributed by atoms with E-state index in [1.165, 1.54) is 0 Å². The summed E-state index contributed by atoms with van der Waals surface area (Å²) in [6, 6.07) is 5.52. The first-order valence-corrected chi connectivity index (χ1v) is 7.10. The zero-order valence-electron chi connectivity index (χ0n) is 11.8. The third-order valence-corrected chi connectivity index (χ3v) is 4.07. The Balaban J connectivity index is 2.27. The first kappa shape index (κ1) is 14.2. The summed E-state index contributed by atoms with van der Waals surface area (Å²) in [5.74, 6) is 0.440. The number of hydrogen-bond donors (Lipinski definition) is 3. The number of phenols is 2. The molecule has 3 N–H and O–H groups in total. The highest BCUT2D eigenvalue weighted by atomic mass is 16.3. The Morgan fingerprint density at radius 3 is 2.47 bits per heavy atom. The summed E-state index contributed by atoms with van der Waals surface area (Å²) in [5, 5.41) is 22.5. The zero-order chi connectivity index (χ0) is 13.8. The second-order valence-corrected chi connectivity index (χ2v) is 5.36. The highest BCUT2D eigenvalue weighted by Gasteiger charge is 2.26. The van der Waals surface area contributed by atoms with E-state index in [4.69, 9.17) is 0 Å². The molecule has 2 atom stereocenters. The van der Waals surface area contributed by atoms with Crippen LogP contribution >= 0.6 is 0 Å². The predicted molar refractivity (Wildman–Crippen MR) is 76.4 cm³/mol. The molecule has 0 spiro atoms. The van der Waals surface area contributed by atoms with E-state index < -0.39 is 0 Å². The van der Waals surface area contributed by atoms with Crippen LogP contribution in [0.3, 0.4) is 0 Å². The first-order valence-electron chi connectivity index (χ1n) is 7.10. The van der Waals surface area contributed by atoms with Gasteiger partial charge in [-0.15, -0.1) is 0 Å². The zero-order valence-corrected chi connectivity index (χ0v) is 11.8. The molecule has 2 rings (SSSR count). The van der Waals surface area contributed by atoms with Gasteiger partial charge in [-0.25, -0.2) is 0 Å². The molecule has 19 heavy (non-hydrogen) atoms. The van der Waals surface area contributed by atoms with Gasteiger partial charge in [-0.2, -0.15) is 0 Å². The fourth-order valence-corrected chi connectivity index (χ4v) is 2.81. The van der Waals surface area contributed by atoms with Crippen molar-refractivity contribution in [3.8, 4) is 11.5 Å². The van der Waals surface area contributed by atoms with E-state index in [2.05, 4.69) is 24.1 Å². The normalized spacial score (nSPS) is 20.1. The minimum Gasteiger partial charge on any atom is -0.504 e. The third kappa shape index (κ3) is 3.19. The van der Waals surface area contributed by atoms with Gasteiger partial charge in [0.2, 0.25) is 0 Å². The Morgan fingerprint density at radius 1 is 1.21 bits per heavy atom. The van der Waals surface area contributed by atoms with E-state index >= 15 is 0 Å². The molecule has 1 heterocycles. The summed E-state index contributed by atoms with van der Waals surface area (Å²) >= 11 is 0. The minimum absolute atomic E-state index is 0.0269. The fourth-order valence-electron chi connectivity index (χ4n) is 2.81. The monoisotopic (exact) mass is 264 g/mol. The van der Waals surface area contributed by atoms with Crippen molar-refractivity contribution in [1.82, 2.24) is 10.2 Å². The Kier molecular flexibility index (Phi) is 4.66. The van der Waals surface area contributed by atoms with Gasteiger partial charge in [0.05, 0.1) is 0 Å². The van der Waals surface area contributed by atoms with E-state index in [0.29, 0.717) is 12.0 Å². The number of rotatable bonds is 4. The van der Waals surface area contributed by atoms with Gasteiger partial charge in [0.15, 0.2) is 11.5 Å². The molecule has 0 aromatic heterocycles. The summed E-state index contributed by atoms with van der Waals surface area (Å²) < 4.78 is 0. The van der Waals surface area contributed by atoms with Crippen molar-refractivity contribution in [2.75, 3.05) is 26.2 Å². The standard InChI is InChI=1S/C15H24N2O2/c1-3-11(2)15(17-8-6-16-7-9-17)12-4-5-13(18)14(19)10-12/h4-5,10-11,15-16,18-19H,3,6-9H2,1-2H3/t11?,15-/m1/s1. The van der Waals surface area contributed by atoms with Crippen LogP contribution in [-0.2, 0) is 0 Å². The molecule has 0 bridgehead atoms. The van der Waals surface area contributed by atoms with Crippen LogP contribution in [0.15, 0.2) is 18.2 Å². The van der Waals surface area contributed by atoms with Crippen LogP contribution < -0.4 is 5.32 Å². The minimum atomic E-state index is -0.0491. The Morgan fingerprint density at radius 2 is 1.89 bits per heavy atom. The summed E-state index contributed by atoms with van der Waals surface area (Å²) in [4.78, 5) is 2.47. The quantitative estimate of drug-likeness (QED) is 0.729. The van der Waals surface area contributed by atoms with E-state index in [9.17, 15) is 10.2 Å². The predicted octanol–water partition coefficient (Wildman–Crippen LogP) is 2.09. The lowest BCUT2D eigenvalue weighted by molar-refractivity contribution is 0.128. The Labute approximate surface area is 115 Å². The van der Waals surface area contributed by atoms with Crippen molar-refractivity contribution < 1.29 is 10.2 Å². The largest absolute Gasteiger partial charge is 0.504 e. The number of phenolic OH excluding ortho intramolecular Hbond substituents is 2. The molecule has 1 aliphatic rings. The molecule has 0 aliphatic carbocycles. The van der Waals surface area contributed by atoms with Crippen molar-refractivity contribution in [2.24, 2.45) is 5.92 Å². The van der Waals surface area contributed by atoms with Gasteiger partial charge in [-0.05, 0) is 23.6 Å². The fraction of sp³-hybridized carbons (Fsp3) is 0.600. The van der Waals surface area contributed by atoms with Crippen molar-refractivity contribution in [3.63, 3.8) is 0 Å². The first-order chi connectivity index (χ1) is 9.13. The molecule has 1 aromatic rings. The lowest BCUT2D eigenvalue weighted by Gasteiger charge is -2.38. The molecule has 1 fully saturated rings. The molecule has 4 heteroatoms. The molecule has 4 nitrogen and oxygen atoms in total. The van der Waals surface area contributed by atoms with Gasteiger partial charge in [0, 0.05) is 32.2 Å². The Bertz CT molecular complexity index is 417. The van der Waals surface area contributed by atoms with Gasteiger partial charge in [0.1, 0.15) is 0 Å². The number of nitrogens with one attached hydrogen (secondary N) is 1. The smallest absolute Gasteiger partial charge is 0.157 e. The maximum Gasteiger partial charge on any atom is 0.157 e. The topological polar surface area (TPSA) is 55.7 Å². The number of benzene rings is 1. The van der Waals surface area contributed by atoms with Crippen LogP contribution in [0.5, 0.6) is 11.5 Å². The average molecular weight is 264 g/mol. The molecule has 1 aromatic carbocycles. The second-order valence-electron chi connectivity index (χ2n) is 5.36. The molecule has 0 amide bonds. The molecule has 1 aliphatic heterocycles. The lowest BCUT2D eigenvalue weighted by Crippen LogP contribution is -2.46. The van der Waals surface area contributed by atoms with Crippen molar-refractivity contribution in [2.45, 2.75) is 26.3 Å². The van der Waals surface area contributed by atoms with Crippen molar-refractivity contribution >= 4 is 0 Å². The average Bonchev–Trinajstić information content (AvgIpc) is 2.44. The summed E-state index contributed by atoms with van der Waals surface area (Å²) in [6.45, 7) is 8.51. The van der Waals surface area contributed by atoms with Crippen LogP contribution in [0.2, 0.25) is 0 Å². The van der Waals surface area contributed by atoms with Gasteiger partial charge in [-0.1, -0.05) is 26.3 Å². The molecule has 1 saturated heterocycles. The molecular formula is C15H24N2O2. The van der Waals surface area contributed by atoms with E-state index in [1.54, 1.807) is 12.1 Å². The SMILES string of the molecule is CCC(C)[C@H](c1ccc(O)c(O)c1)N1CCNCC1. The number of hydrogen-bond acceptors (Lipinski definition) is 4. The van der Waals surface area contributed by atoms with Crippen molar-refractivity contribution in [3.05, 3.63) is 23.8 Å². The number of nitrogens with zero attached hydrogens (tertiary/aromatic N) is 1. The van der Waals surface area contributed by atoms with E-state index in [0.717, 1.165) is 38.2 Å². The van der Waals surface area contributed by atoms with Gasteiger partial charge < -0.3 is 15.5 Å². The Hall–Kier alpha value is -1.26. The maximum absolute atomic E-state index is 9.72. The van der Waals surface area contributed by atoms with Crippen molar-refractivity contribution in [1.29, 1.82) is 0 Å². The van der Waals surface area contributed by atoms with Gasteiger partial charge in [0.25, 0.3) is 0 Å². The molecular weight excluding hydrogens is 240 g/mol. The summed E-state index contributed by atoms with van der Waals surface area (Å²) in [7, 11) is 0. The number of piperazine rings is 1. The lowest BCUT2D eigenvalue weighted by atomic mass is 9.90. The van der Waals surface area contributed by atoms with Gasteiger partial charge in [-0.3, -0.25) is 4.90 Å². The molecule has 1 unspecified atom stereocenters. The highest BCUT2D eigenvalue weighted by molar-refractivity contribution is 5.41. The van der Waals surface area contributed by atoms with Crippen LogP contribution in [0.25, 0.3) is 0 Å². The summed E-state index contributed by atoms with van der Waals surface area (Å²) in [5.41, 5.74) is 1.09. The number of aromatic hydroxyl groups is 2. The van der Waals surface area contributed by atoms with E-state index in [-0.39, 0.29) is 11.5 Å². The molecule has 106 valence electrons. The second kappa shape index (κ2) is 6.26. The molecule has 0 radical (unpaired) electrons. The van der Waals surface area contributed by atoms with Crippen LogP contribution in [-0.4, -0.2) is 41.3 Å².